The Hall–Kier alpha value is -0.150. The van der Waals surface area contributed by atoms with E-state index in [4.69, 9.17) is 18.0 Å². The molecule has 0 aliphatic heterocycles. The molecule has 0 amide bonds. The van der Waals surface area contributed by atoms with Gasteiger partial charge in [0.05, 0.1) is 4.99 Å². The van der Waals surface area contributed by atoms with Gasteiger partial charge in [0.2, 0.25) is 0 Å². The summed E-state index contributed by atoms with van der Waals surface area (Å²) < 4.78 is 0. The molecule has 1 saturated carbocycles. The molecule has 0 atom stereocenters. The normalized spacial score (nSPS) is 17.9. The molecule has 1 fully saturated rings. The molecule has 2 nitrogen and oxygen atoms in total. The number of unbranched alkanes of at least 4 members (excludes halogenated alkanes) is 1. The summed E-state index contributed by atoms with van der Waals surface area (Å²) in [4.78, 5) is 3.17. The van der Waals surface area contributed by atoms with Crippen LogP contribution in [0, 0.1) is 0 Å². The van der Waals surface area contributed by atoms with Crippen LogP contribution in [0.25, 0.3) is 0 Å². The van der Waals surface area contributed by atoms with Gasteiger partial charge >= 0.3 is 0 Å². The van der Waals surface area contributed by atoms with Crippen LogP contribution in [-0.4, -0.2) is 29.5 Å². The van der Waals surface area contributed by atoms with Gasteiger partial charge in [-0.05, 0) is 45.7 Å². The molecule has 0 bridgehead atoms. The van der Waals surface area contributed by atoms with Crippen molar-refractivity contribution in [3.05, 3.63) is 0 Å². The summed E-state index contributed by atoms with van der Waals surface area (Å²) in [6.45, 7) is 1.20. The summed E-state index contributed by atoms with van der Waals surface area (Å²) in [5.74, 6) is 0. The Morgan fingerprint density at radius 3 is 2.57 bits per heavy atom. The van der Waals surface area contributed by atoms with E-state index in [0.29, 0.717) is 4.99 Å². The molecule has 1 aliphatic carbocycles. The quantitative estimate of drug-likeness (QED) is 0.543. The summed E-state index contributed by atoms with van der Waals surface area (Å²) >= 11 is 4.85. The summed E-state index contributed by atoms with van der Waals surface area (Å²) in [5, 5.41) is 0. The zero-order valence-corrected chi connectivity index (χ0v) is 9.98. The van der Waals surface area contributed by atoms with Crippen molar-refractivity contribution in [2.45, 2.75) is 51.0 Å². The summed E-state index contributed by atoms with van der Waals surface area (Å²) in [6, 6.07) is 0.847. The largest absolute Gasteiger partial charge is 0.393 e. The van der Waals surface area contributed by atoms with Crippen LogP contribution in [0.1, 0.15) is 44.9 Å². The molecule has 0 aromatic rings. The third-order valence-electron chi connectivity index (χ3n) is 3.13. The number of thiocarbonyl (C=S) groups is 1. The fraction of sp³-hybridized carbons (Fsp3) is 0.909. The Labute approximate surface area is 92.8 Å². The second-order valence-electron chi connectivity index (χ2n) is 4.34. The number of hydrogen-bond acceptors (Lipinski definition) is 2. The number of rotatable bonds is 6. The molecule has 2 N–H and O–H groups in total. The van der Waals surface area contributed by atoms with Gasteiger partial charge in [-0.15, -0.1) is 0 Å². The minimum atomic E-state index is 0.661. The second-order valence-corrected chi connectivity index (χ2v) is 4.87. The topological polar surface area (TPSA) is 29.3 Å². The first-order valence-corrected chi connectivity index (χ1v) is 6.09. The van der Waals surface area contributed by atoms with E-state index in [0.717, 1.165) is 18.9 Å². The molecule has 0 aromatic heterocycles. The van der Waals surface area contributed by atoms with E-state index in [1.54, 1.807) is 0 Å². The Kier molecular flexibility index (Phi) is 5.41. The van der Waals surface area contributed by atoms with Crippen molar-refractivity contribution in [3.8, 4) is 0 Å². The van der Waals surface area contributed by atoms with Gasteiger partial charge in [0.25, 0.3) is 0 Å². The lowest BCUT2D eigenvalue weighted by molar-refractivity contribution is 0.241. The van der Waals surface area contributed by atoms with Crippen molar-refractivity contribution in [2.75, 3.05) is 13.6 Å². The molecule has 0 unspecified atom stereocenters. The highest BCUT2D eigenvalue weighted by Crippen LogP contribution is 2.22. The molecule has 0 spiro atoms. The summed E-state index contributed by atoms with van der Waals surface area (Å²) in [6.07, 6.45) is 8.91. The van der Waals surface area contributed by atoms with Crippen LogP contribution < -0.4 is 5.73 Å². The smallest absolute Gasteiger partial charge is 0.0727 e. The maximum Gasteiger partial charge on any atom is 0.0727 e. The highest BCUT2D eigenvalue weighted by Gasteiger charge is 2.18. The van der Waals surface area contributed by atoms with Gasteiger partial charge in [0, 0.05) is 6.04 Å². The van der Waals surface area contributed by atoms with E-state index < -0.39 is 0 Å². The Balaban J connectivity index is 2.02. The highest BCUT2D eigenvalue weighted by atomic mass is 32.1. The van der Waals surface area contributed by atoms with Crippen LogP contribution in [0.5, 0.6) is 0 Å². The van der Waals surface area contributed by atoms with Crippen LogP contribution in [0.4, 0.5) is 0 Å². The first kappa shape index (κ1) is 11.9. The molecule has 0 radical (unpaired) electrons. The monoisotopic (exact) mass is 214 g/mol. The van der Waals surface area contributed by atoms with E-state index in [1.165, 1.54) is 38.6 Å². The molecule has 1 rings (SSSR count). The second kappa shape index (κ2) is 6.36. The van der Waals surface area contributed by atoms with Gasteiger partial charge in [-0.2, -0.15) is 0 Å². The van der Waals surface area contributed by atoms with Gasteiger partial charge in [0.1, 0.15) is 0 Å². The molecule has 0 saturated heterocycles. The predicted molar refractivity (Wildman–Crippen MR) is 65.5 cm³/mol. The van der Waals surface area contributed by atoms with Crippen LogP contribution in [0.3, 0.4) is 0 Å². The average molecular weight is 214 g/mol. The van der Waals surface area contributed by atoms with Gasteiger partial charge in [-0.3, -0.25) is 0 Å². The lowest BCUT2D eigenvalue weighted by atomic mass is 10.2. The lowest BCUT2D eigenvalue weighted by Gasteiger charge is -2.23. The Bertz CT molecular complexity index is 176. The zero-order chi connectivity index (χ0) is 10.4. The standard InChI is InChI=1S/C11H22N2S/c1-13(10-6-2-3-7-10)9-5-4-8-11(12)14/h10H,2-9H2,1H3,(H2,12,14). The highest BCUT2D eigenvalue weighted by molar-refractivity contribution is 7.80. The molecule has 14 heavy (non-hydrogen) atoms. The number of hydrogen-bond donors (Lipinski definition) is 1. The van der Waals surface area contributed by atoms with Gasteiger partial charge < -0.3 is 10.6 Å². The third kappa shape index (κ3) is 4.38. The van der Waals surface area contributed by atoms with Crippen LogP contribution in [0.2, 0.25) is 0 Å². The van der Waals surface area contributed by atoms with E-state index in [9.17, 15) is 0 Å². The van der Waals surface area contributed by atoms with Crippen LogP contribution in [-0.2, 0) is 0 Å². The van der Waals surface area contributed by atoms with Crippen LogP contribution in [0.15, 0.2) is 0 Å². The van der Waals surface area contributed by atoms with E-state index in [-0.39, 0.29) is 0 Å². The van der Waals surface area contributed by atoms with Crippen molar-refractivity contribution in [1.29, 1.82) is 0 Å². The molecule has 0 aromatic carbocycles. The maximum atomic E-state index is 5.45. The van der Waals surface area contributed by atoms with Gasteiger partial charge in [-0.1, -0.05) is 25.1 Å². The molecule has 0 heterocycles. The molecule has 3 heteroatoms. The summed E-state index contributed by atoms with van der Waals surface area (Å²) in [7, 11) is 2.25. The SMILES string of the molecule is CN(CCCCC(N)=S)C1CCCC1. The first-order valence-electron chi connectivity index (χ1n) is 5.68. The van der Waals surface area contributed by atoms with Crippen molar-refractivity contribution in [1.82, 2.24) is 4.90 Å². The Morgan fingerprint density at radius 1 is 1.36 bits per heavy atom. The first-order chi connectivity index (χ1) is 6.70. The third-order valence-corrected chi connectivity index (χ3v) is 3.34. The van der Waals surface area contributed by atoms with Crippen molar-refractivity contribution in [2.24, 2.45) is 5.73 Å². The van der Waals surface area contributed by atoms with Gasteiger partial charge in [-0.25, -0.2) is 0 Å². The van der Waals surface area contributed by atoms with Crippen molar-refractivity contribution in [3.63, 3.8) is 0 Å². The van der Waals surface area contributed by atoms with E-state index >= 15 is 0 Å². The minimum Gasteiger partial charge on any atom is -0.393 e. The minimum absolute atomic E-state index is 0.661. The maximum absolute atomic E-state index is 5.45. The predicted octanol–water partition coefficient (Wildman–Crippen LogP) is 2.32. The van der Waals surface area contributed by atoms with Gasteiger partial charge in [0.15, 0.2) is 0 Å². The fourth-order valence-corrected chi connectivity index (χ4v) is 2.33. The average Bonchev–Trinajstić information content (AvgIpc) is 2.64. The molecule has 82 valence electrons. The molecular weight excluding hydrogens is 192 g/mol. The van der Waals surface area contributed by atoms with Crippen LogP contribution >= 0.6 is 12.2 Å². The molecule has 1 aliphatic rings. The lowest BCUT2D eigenvalue weighted by Crippen LogP contribution is -2.30. The number of nitrogens with zero attached hydrogens (tertiary/aromatic N) is 1. The van der Waals surface area contributed by atoms with Crippen molar-refractivity contribution < 1.29 is 0 Å². The Morgan fingerprint density at radius 2 is 2.00 bits per heavy atom. The number of nitrogens with two attached hydrogens (primary N) is 1. The van der Waals surface area contributed by atoms with E-state index in [1.807, 2.05) is 0 Å². The van der Waals surface area contributed by atoms with E-state index in [2.05, 4.69) is 11.9 Å². The summed E-state index contributed by atoms with van der Waals surface area (Å²) in [5.41, 5.74) is 5.45. The zero-order valence-electron chi connectivity index (χ0n) is 9.17. The molecular formula is C11H22N2S. The van der Waals surface area contributed by atoms with Crippen molar-refractivity contribution >= 4 is 17.2 Å². The fourth-order valence-electron chi connectivity index (χ4n) is 2.19.